The smallest absolute Gasteiger partial charge is 0.109 e. The second kappa shape index (κ2) is 4.51. The van der Waals surface area contributed by atoms with Gasteiger partial charge < -0.3 is 4.74 Å². The number of rotatable bonds is 1. The van der Waals surface area contributed by atoms with Crippen molar-refractivity contribution in [2.75, 3.05) is 19.7 Å². The molecule has 1 aliphatic carbocycles. The zero-order chi connectivity index (χ0) is 10.7. The summed E-state index contributed by atoms with van der Waals surface area (Å²) in [7, 11) is 0. The quantitative estimate of drug-likeness (QED) is 0.660. The van der Waals surface area contributed by atoms with Crippen LogP contribution < -0.4 is 0 Å². The summed E-state index contributed by atoms with van der Waals surface area (Å²) in [6.07, 6.45) is 6.10. The SMILES string of the molecule is CC1CN(C2(C#N)CCCCC2)CCO1. The molecule has 0 aromatic rings. The summed E-state index contributed by atoms with van der Waals surface area (Å²) in [5.41, 5.74) is -0.170. The fourth-order valence-corrected chi connectivity index (χ4v) is 2.84. The van der Waals surface area contributed by atoms with Crippen LogP contribution >= 0.6 is 0 Å². The summed E-state index contributed by atoms with van der Waals surface area (Å²) in [4.78, 5) is 2.36. The van der Waals surface area contributed by atoms with E-state index in [4.69, 9.17) is 4.74 Å². The van der Waals surface area contributed by atoms with Crippen LogP contribution in [0.25, 0.3) is 0 Å². The molecule has 0 radical (unpaired) electrons. The number of morpholine rings is 1. The lowest BCUT2D eigenvalue weighted by molar-refractivity contribution is -0.0565. The van der Waals surface area contributed by atoms with Gasteiger partial charge in [-0.25, -0.2) is 0 Å². The number of hydrogen-bond donors (Lipinski definition) is 0. The molecule has 1 saturated carbocycles. The lowest BCUT2D eigenvalue weighted by Crippen LogP contribution is -2.55. The minimum absolute atomic E-state index is 0.170. The Morgan fingerprint density at radius 3 is 2.67 bits per heavy atom. The summed E-state index contributed by atoms with van der Waals surface area (Å²) in [6.45, 7) is 4.73. The molecule has 2 rings (SSSR count). The summed E-state index contributed by atoms with van der Waals surface area (Å²) in [6, 6.07) is 2.58. The molecule has 15 heavy (non-hydrogen) atoms. The fourth-order valence-electron chi connectivity index (χ4n) is 2.84. The first-order chi connectivity index (χ1) is 7.27. The Morgan fingerprint density at radius 1 is 1.33 bits per heavy atom. The van der Waals surface area contributed by atoms with E-state index in [2.05, 4.69) is 17.9 Å². The third-order valence-corrected chi connectivity index (χ3v) is 3.74. The molecule has 2 fully saturated rings. The van der Waals surface area contributed by atoms with Gasteiger partial charge in [0.25, 0.3) is 0 Å². The van der Waals surface area contributed by atoms with Crippen molar-refractivity contribution in [2.24, 2.45) is 0 Å². The van der Waals surface area contributed by atoms with Crippen molar-refractivity contribution in [2.45, 2.75) is 50.7 Å². The lowest BCUT2D eigenvalue weighted by Gasteiger charge is -2.44. The van der Waals surface area contributed by atoms with Crippen LogP contribution in [0.5, 0.6) is 0 Å². The van der Waals surface area contributed by atoms with Crippen LogP contribution in [-0.2, 0) is 4.74 Å². The van der Waals surface area contributed by atoms with E-state index < -0.39 is 0 Å². The van der Waals surface area contributed by atoms with E-state index in [0.29, 0.717) is 0 Å². The predicted molar refractivity (Wildman–Crippen MR) is 58.4 cm³/mol. The van der Waals surface area contributed by atoms with E-state index in [1.807, 2.05) is 0 Å². The largest absolute Gasteiger partial charge is 0.376 e. The first-order valence-electron chi connectivity index (χ1n) is 6.05. The molecule has 3 heteroatoms. The van der Waals surface area contributed by atoms with E-state index in [0.717, 1.165) is 32.5 Å². The Labute approximate surface area is 92.0 Å². The molecular formula is C12H20N2O. The minimum atomic E-state index is -0.170. The molecule has 0 aromatic carbocycles. The van der Waals surface area contributed by atoms with Crippen LogP contribution in [0.1, 0.15) is 39.0 Å². The molecule has 0 amide bonds. The molecule has 1 atom stereocenters. The Morgan fingerprint density at radius 2 is 2.07 bits per heavy atom. The van der Waals surface area contributed by atoms with Gasteiger partial charge >= 0.3 is 0 Å². The van der Waals surface area contributed by atoms with Gasteiger partial charge in [0, 0.05) is 13.1 Å². The van der Waals surface area contributed by atoms with Crippen LogP contribution in [0.4, 0.5) is 0 Å². The fraction of sp³-hybridized carbons (Fsp3) is 0.917. The van der Waals surface area contributed by atoms with Crippen LogP contribution in [0.3, 0.4) is 0 Å². The van der Waals surface area contributed by atoms with Crippen molar-refractivity contribution >= 4 is 0 Å². The van der Waals surface area contributed by atoms with Crippen molar-refractivity contribution in [1.82, 2.24) is 4.90 Å². The number of hydrogen-bond acceptors (Lipinski definition) is 3. The van der Waals surface area contributed by atoms with Gasteiger partial charge in [-0.1, -0.05) is 19.3 Å². The molecular weight excluding hydrogens is 188 g/mol. The van der Waals surface area contributed by atoms with E-state index in [1.165, 1.54) is 19.3 Å². The maximum Gasteiger partial charge on any atom is 0.109 e. The first kappa shape index (κ1) is 10.9. The van der Waals surface area contributed by atoms with Gasteiger partial charge in [-0.05, 0) is 19.8 Å². The van der Waals surface area contributed by atoms with Crippen LogP contribution in [-0.4, -0.2) is 36.2 Å². The molecule has 3 nitrogen and oxygen atoms in total. The minimum Gasteiger partial charge on any atom is -0.376 e. The van der Waals surface area contributed by atoms with Gasteiger partial charge in [-0.2, -0.15) is 5.26 Å². The van der Waals surface area contributed by atoms with Gasteiger partial charge in [-0.3, -0.25) is 4.90 Å². The van der Waals surface area contributed by atoms with E-state index in [1.54, 1.807) is 0 Å². The number of nitriles is 1. The zero-order valence-corrected chi connectivity index (χ0v) is 9.54. The average Bonchev–Trinajstić information content (AvgIpc) is 2.30. The second-order valence-electron chi connectivity index (χ2n) is 4.83. The van der Waals surface area contributed by atoms with Gasteiger partial charge in [0.15, 0.2) is 0 Å². The summed E-state index contributed by atoms with van der Waals surface area (Å²) in [5, 5.41) is 9.45. The van der Waals surface area contributed by atoms with E-state index in [9.17, 15) is 5.26 Å². The highest BCUT2D eigenvalue weighted by molar-refractivity contribution is 5.10. The lowest BCUT2D eigenvalue weighted by atomic mass is 9.81. The molecule has 84 valence electrons. The summed E-state index contributed by atoms with van der Waals surface area (Å²) >= 11 is 0. The molecule has 1 saturated heterocycles. The molecule has 0 spiro atoms. The average molecular weight is 208 g/mol. The molecule has 0 aromatic heterocycles. The maximum absolute atomic E-state index is 9.45. The van der Waals surface area contributed by atoms with Gasteiger partial charge in [0.05, 0.1) is 18.8 Å². The monoisotopic (exact) mass is 208 g/mol. The van der Waals surface area contributed by atoms with Crippen LogP contribution in [0, 0.1) is 11.3 Å². The topological polar surface area (TPSA) is 36.3 Å². The van der Waals surface area contributed by atoms with Crippen molar-refractivity contribution in [3.05, 3.63) is 0 Å². The molecule has 0 bridgehead atoms. The Balaban J connectivity index is 2.07. The van der Waals surface area contributed by atoms with Crippen LogP contribution in [0.2, 0.25) is 0 Å². The van der Waals surface area contributed by atoms with Gasteiger partial charge in [-0.15, -0.1) is 0 Å². The van der Waals surface area contributed by atoms with Crippen LogP contribution in [0.15, 0.2) is 0 Å². The molecule has 1 aliphatic heterocycles. The summed E-state index contributed by atoms with van der Waals surface area (Å²) in [5.74, 6) is 0. The van der Waals surface area contributed by atoms with Crippen molar-refractivity contribution in [1.29, 1.82) is 5.26 Å². The third kappa shape index (κ3) is 2.16. The second-order valence-corrected chi connectivity index (χ2v) is 4.83. The van der Waals surface area contributed by atoms with Gasteiger partial charge in [0.2, 0.25) is 0 Å². The molecule has 1 heterocycles. The van der Waals surface area contributed by atoms with Crippen molar-refractivity contribution in [3.8, 4) is 6.07 Å². The maximum atomic E-state index is 9.45. The Kier molecular flexibility index (Phi) is 3.28. The molecule has 1 unspecified atom stereocenters. The van der Waals surface area contributed by atoms with Gasteiger partial charge in [0.1, 0.15) is 5.54 Å². The zero-order valence-electron chi connectivity index (χ0n) is 9.54. The normalized spacial score (nSPS) is 32.1. The van der Waals surface area contributed by atoms with E-state index in [-0.39, 0.29) is 11.6 Å². The first-order valence-corrected chi connectivity index (χ1v) is 6.05. The standard InChI is InChI=1S/C12H20N2O/c1-11-9-14(7-8-15-11)12(10-13)5-3-2-4-6-12/h11H,2-9H2,1H3. The Hall–Kier alpha value is -0.590. The highest BCUT2D eigenvalue weighted by atomic mass is 16.5. The Bertz CT molecular complexity index is 253. The molecule has 0 N–H and O–H groups in total. The predicted octanol–water partition coefficient (Wildman–Crippen LogP) is 1.93. The highest BCUT2D eigenvalue weighted by Gasteiger charge is 2.39. The van der Waals surface area contributed by atoms with E-state index >= 15 is 0 Å². The number of ether oxygens (including phenoxy) is 1. The number of nitrogens with zero attached hydrogens (tertiary/aromatic N) is 2. The summed E-state index contributed by atoms with van der Waals surface area (Å²) < 4.78 is 5.54. The highest BCUT2D eigenvalue weighted by Crippen LogP contribution is 2.34. The molecule has 2 aliphatic rings. The van der Waals surface area contributed by atoms with Crippen molar-refractivity contribution in [3.63, 3.8) is 0 Å². The third-order valence-electron chi connectivity index (χ3n) is 3.74. The van der Waals surface area contributed by atoms with Crippen molar-refractivity contribution < 1.29 is 4.74 Å².